The smallest absolute Gasteiger partial charge is 0.131 e. The zero-order chi connectivity index (χ0) is 11.4. The summed E-state index contributed by atoms with van der Waals surface area (Å²) in [5, 5.41) is 3.40. The molecule has 1 N–H and O–H groups in total. The van der Waals surface area contributed by atoms with Crippen molar-refractivity contribution in [3.05, 3.63) is 22.6 Å². The molecule has 0 bridgehead atoms. The van der Waals surface area contributed by atoms with E-state index in [0.29, 0.717) is 0 Å². The first-order valence-electron chi connectivity index (χ1n) is 5.87. The molecule has 90 valence electrons. The van der Waals surface area contributed by atoms with Gasteiger partial charge in [-0.2, -0.15) is 0 Å². The zero-order valence-electron chi connectivity index (χ0n) is 9.71. The quantitative estimate of drug-likeness (QED) is 0.922. The number of halogens is 1. The largest absolute Gasteiger partial charge is 0.467 e. The molecule has 16 heavy (non-hydrogen) atoms. The topological polar surface area (TPSA) is 28.4 Å². The second kappa shape index (κ2) is 5.84. The fourth-order valence-electron chi connectivity index (χ4n) is 2.25. The molecule has 1 fully saturated rings. The summed E-state index contributed by atoms with van der Waals surface area (Å²) < 4.78 is 6.50. The predicted octanol–water partition coefficient (Wildman–Crippen LogP) is 2.47. The number of piperidine rings is 1. The Morgan fingerprint density at radius 2 is 2.25 bits per heavy atom. The molecule has 0 amide bonds. The van der Waals surface area contributed by atoms with E-state index in [-0.39, 0.29) is 0 Å². The highest BCUT2D eigenvalue weighted by molar-refractivity contribution is 9.10. The Kier molecular flexibility index (Phi) is 4.44. The van der Waals surface area contributed by atoms with Crippen molar-refractivity contribution in [3.8, 4) is 0 Å². The highest BCUT2D eigenvalue weighted by Crippen LogP contribution is 2.20. The summed E-state index contributed by atoms with van der Waals surface area (Å²) in [7, 11) is 2.16. The fraction of sp³-hybridized carbons (Fsp3) is 0.667. The minimum Gasteiger partial charge on any atom is -0.467 e. The van der Waals surface area contributed by atoms with Crippen LogP contribution in [0.3, 0.4) is 0 Å². The third kappa shape index (κ3) is 3.34. The summed E-state index contributed by atoms with van der Waals surface area (Å²) in [5.41, 5.74) is 0. The van der Waals surface area contributed by atoms with Crippen molar-refractivity contribution in [3.63, 3.8) is 0 Å². The van der Waals surface area contributed by atoms with Gasteiger partial charge < -0.3 is 9.73 Å². The molecular formula is C12H19BrN2O. The molecule has 1 aromatic heterocycles. The number of nitrogens with one attached hydrogen (secondary N) is 1. The van der Waals surface area contributed by atoms with Crippen molar-refractivity contribution in [1.29, 1.82) is 0 Å². The lowest BCUT2D eigenvalue weighted by Gasteiger charge is -2.27. The Hall–Kier alpha value is -0.320. The van der Waals surface area contributed by atoms with Gasteiger partial charge in [0.15, 0.2) is 0 Å². The van der Waals surface area contributed by atoms with E-state index in [1.54, 1.807) is 6.26 Å². The van der Waals surface area contributed by atoms with Crippen LogP contribution in [0, 0.1) is 5.92 Å². The van der Waals surface area contributed by atoms with E-state index in [2.05, 4.69) is 33.2 Å². The Bertz CT molecular complexity index is 321. The van der Waals surface area contributed by atoms with Gasteiger partial charge >= 0.3 is 0 Å². The van der Waals surface area contributed by atoms with Crippen LogP contribution in [0.5, 0.6) is 0 Å². The van der Waals surface area contributed by atoms with Crippen LogP contribution < -0.4 is 5.32 Å². The molecule has 0 saturated carbocycles. The Balaban J connectivity index is 1.79. The molecule has 3 nitrogen and oxygen atoms in total. The van der Waals surface area contributed by atoms with Gasteiger partial charge in [-0.15, -0.1) is 0 Å². The first-order chi connectivity index (χ1) is 7.75. The zero-order valence-corrected chi connectivity index (χ0v) is 11.3. The maximum absolute atomic E-state index is 5.42. The molecule has 0 aromatic carbocycles. The van der Waals surface area contributed by atoms with Gasteiger partial charge in [-0.25, -0.2) is 0 Å². The second-order valence-corrected chi connectivity index (χ2v) is 5.44. The molecule has 0 unspecified atom stereocenters. The van der Waals surface area contributed by atoms with Crippen molar-refractivity contribution in [1.82, 2.24) is 10.2 Å². The maximum atomic E-state index is 5.42. The van der Waals surface area contributed by atoms with E-state index in [1.165, 1.54) is 25.9 Å². The van der Waals surface area contributed by atoms with Crippen molar-refractivity contribution in [2.24, 2.45) is 5.92 Å². The summed E-state index contributed by atoms with van der Waals surface area (Å²) in [6.07, 6.45) is 4.32. The van der Waals surface area contributed by atoms with Crippen LogP contribution in [0.2, 0.25) is 0 Å². The van der Waals surface area contributed by atoms with Crippen molar-refractivity contribution in [2.45, 2.75) is 19.4 Å². The average molecular weight is 287 g/mol. The summed E-state index contributed by atoms with van der Waals surface area (Å²) in [6.45, 7) is 4.39. The highest BCUT2D eigenvalue weighted by atomic mass is 79.9. The fourth-order valence-corrected chi connectivity index (χ4v) is 2.58. The van der Waals surface area contributed by atoms with E-state index in [1.807, 2.05) is 6.07 Å². The molecule has 0 spiro atoms. The normalized spacial score (nSPS) is 18.2. The second-order valence-electron chi connectivity index (χ2n) is 4.58. The number of hydrogen-bond donors (Lipinski definition) is 1. The average Bonchev–Trinajstić information content (AvgIpc) is 2.66. The number of hydrogen-bond acceptors (Lipinski definition) is 3. The van der Waals surface area contributed by atoms with Crippen molar-refractivity contribution < 1.29 is 4.42 Å². The molecule has 4 heteroatoms. The minimum absolute atomic E-state index is 0.833. The first kappa shape index (κ1) is 12.1. The van der Waals surface area contributed by atoms with Crippen LogP contribution in [0.15, 0.2) is 21.2 Å². The van der Waals surface area contributed by atoms with Gasteiger partial charge in [-0.1, -0.05) is 0 Å². The summed E-state index contributed by atoms with van der Waals surface area (Å²) in [4.78, 5) is 2.35. The van der Waals surface area contributed by atoms with Gasteiger partial charge in [0.2, 0.25) is 0 Å². The summed E-state index contributed by atoms with van der Waals surface area (Å²) in [6, 6.07) is 1.95. The van der Waals surface area contributed by atoms with Crippen LogP contribution in [0.1, 0.15) is 18.6 Å². The summed E-state index contributed by atoms with van der Waals surface area (Å²) >= 11 is 3.49. The number of furan rings is 1. The lowest BCUT2D eigenvalue weighted by molar-refractivity contribution is 0.221. The predicted molar refractivity (Wildman–Crippen MR) is 68.3 cm³/mol. The number of nitrogens with zero attached hydrogens (tertiary/aromatic N) is 1. The standard InChI is InChI=1S/C12H19BrN2O/c1-15(8-10-2-5-14-6-3-10)9-12-11(13)4-7-16-12/h4,7,10,14H,2-3,5-6,8-9H2,1H3. The number of rotatable bonds is 4. The molecule has 1 saturated heterocycles. The monoisotopic (exact) mass is 286 g/mol. The van der Waals surface area contributed by atoms with E-state index in [9.17, 15) is 0 Å². The molecule has 2 rings (SSSR count). The molecule has 1 aliphatic heterocycles. The molecule has 2 heterocycles. The van der Waals surface area contributed by atoms with E-state index in [0.717, 1.165) is 29.2 Å². The Morgan fingerprint density at radius 3 is 2.88 bits per heavy atom. The lowest BCUT2D eigenvalue weighted by atomic mass is 9.98. The maximum Gasteiger partial charge on any atom is 0.131 e. The third-order valence-electron chi connectivity index (χ3n) is 3.13. The van der Waals surface area contributed by atoms with Gasteiger partial charge in [0.1, 0.15) is 5.76 Å². The van der Waals surface area contributed by atoms with Crippen molar-refractivity contribution >= 4 is 15.9 Å². The van der Waals surface area contributed by atoms with E-state index < -0.39 is 0 Å². The first-order valence-corrected chi connectivity index (χ1v) is 6.66. The van der Waals surface area contributed by atoms with E-state index >= 15 is 0 Å². The molecule has 0 radical (unpaired) electrons. The van der Waals surface area contributed by atoms with Crippen LogP contribution in [-0.2, 0) is 6.54 Å². The van der Waals surface area contributed by atoms with Crippen LogP contribution >= 0.6 is 15.9 Å². The van der Waals surface area contributed by atoms with E-state index in [4.69, 9.17) is 4.42 Å². The van der Waals surface area contributed by atoms with Crippen molar-refractivity contribution in [2.75, 3.05) is 26.7 Å². The molecule has 1 aromatic rings. The third-order valence-corrected chi connectivity index (χ3v) is 3.84. The molecule has 1 aliphatic rings. The molecule has 0 aliphatic carbocycles. The lowest BCUT2D eigenvalue weighted by Crippen LogP contribution is -2.34. The molecular weight excluding hydrogens is 268 g/mol. The molecule has 0 atom stereocenters. The SMILES string of the molecule is CN(Cc1occc1Br)CC1CCNCC1. The highest BCUT2D eigenvalue weighted by Gasteiger charge is 2.16. The van der Waals surface area contributed by atoms with Gasteiger partial charge in [0.05, 0.1) is 17.3 Å². The van der Waals surface area contributed by atoms with Gasteiger partial charge in [-0.05, 0) is 60.9 Å². The minimum atomic E-state index is 0.833. The van der Waals surface area contributed by atoms with Crippen LogP contribution in [-0.4, -0.2) is 31.6 Å². The summed E-state index contributed by atoms with van der Waals surface area (Å²) in [5.74, 6) is 1.86. The Morgan fingerprint density at radius 1 is 1.50 bits per heavy atom. The van der Waals surface area contributed by atoms with Gasteiger partial charge in [-0.3, -0.25) is 4.90 Å². The Labute approximate surface area is 105 Å². The van der Waals surface area contributed by atoms with Gasteiger partial charge in [0, 0.05) is 6.54 Å². The van der Waals surface area contributed by atoms with Crippen LogP contribution in [0.4, 0.5) is 0 Å². The van der Waals surface area contributed by atoms with Gasteiger partial charge in [0.25, 0.3) is 0 Å². The van der Waals surface area contributed by atoms with Crippen LogP contribution in [0.25, 0.3) is 0 Å².